The summed E-state index contributed by atoms with van der Waals surface area (Å²) in [6.07, 6.45) is 8.41. The molecule has 1 heterocycles. The lowest BCUT2D eigenvalue weighted by Crippen LogP contribution is -2.25. The van der Waals surface area contributed by atoms with Crippen LogP contribution in [-0.4, -0.2) is 18.7 Å². The average molecular weight is 287 g/mol. The summed E-state index contributed by atoms with van der Waals surface area (Å²) in [5.74, 6) is 1.28. The van der Waals surface area contributed by atoms with Crippen molar-refractivity contribution in [1.29, 1.82) is 0 Å². The topological polar surface area (TPSA) is 23.5 Å². The number of aryl methyl sites for hydroxylation is 1. The van der Waals surface area contributed by atoms with Crippen molar-refractivity contribution in [1.82, 2.24) is 0 Å². The minimum Gasteiger partial charge on any atom is -0.388 e. The fourth-order valence-corrected chi connectivity index (χ4v) is 4.25. The zero-order valence-electron chi connectivity index (χ0n) is 13.5. The molecule has 0 saturated heterocycles. The van der Waals surface area contributed by atoms with Crippen molar-refractivity contribution < 1.29 is 5.11 Å². The van der Waals surface area contributed by atoms with Crippen LogP contribution in [0.5, 0.6) is 0 Å². The molecule has 0 aromatic heterocycles. The maximum absolute atomic E-state index is 10.8. The van der Waals surface area contributed by atoms with Crippen molar-refractivity contribution in [2.24, 2.45) is 11.8 Å². The molecule has 21 heavy (non-hydrogen) atoms. The maximum atomic E-state index is 10.8. The molecule has 1 saturated carbocycles. The standard InChI is InChI=1S/C19H29NO/c1-3-14-6-4-7-16(12-14)19(21)17-9-10-18-15(13-17)8-5-11-20(18)2/h9-10,13-14,16,19,21H,3-8,11-12H2,1-2H3. The molecule has 1 aromatic rings. The van der Waals surface area contributed by atoms with Crippen LogP contribution in [0.15, 0.2) is 18.2 Å². The molecule has 116 valence electrons. The first-order chi connectivity index (χ1) is 10.2. The summed E-state index contributed by atoms with van der Waals surface area (Å²) in [4.78, 5) is 2.34. The van der Waals surface area contributed by atoms with E-state index >= 15 is 0 Å². The number of benzene rings is 1. The zero-order valence-corrected chi connectivity index (χ0v) is 13.5. The summed E-state index contributed by atoms with van der Waals surface area (Å²) in [7, 11) is 2.17. The average Bonchev–Trinajstić information content (AvgIpc) is 2.54. The number of rotatable bonds is 3. The monoisotopic (exact) mass is 287 g/mol. The zero-order chi connectivity index (χ0) is 14.8. The molecule has 2 nitrogen and oxygen atoms in total. The van der Waals surface area contributed by atoms with Crippen molar-refractivity contribution in [3.05, 3.63) is 29.3 Å². The molecule has 0 spiro atoms. The number of nitrogens with zero attached hydrogens (tertiary/aromatic N) is 1. The highest BCUT2D eigenvalue weighted by atomic mass is 16.3. The number of hydrogen-bond acceptors (Lipinski definition) is 2. The third kappa shape index (κ3) is 3.11. The predicted molar refractivity (Wildman–Crippen MR) is 88.7 cm³/mol. The highest BCUT2D eigenvalue weighted by Crippen LogP contribution is 2.39. The molecule has 1 aliphatic heterocycles. The lowest BCUT2D eigenvalue weighted by atomic mass is 9.76. The molecule has 3 atom stereocenters. The number of anilines is 1. The molecule has 1 aromatic carbocycles. The molecule has 0 radical (unpaired) electrons. The number of aliphatic hydroxyl groups is 1. The molecule has 0 amide bonds. The van der Waals surface area contributed by atoms with Crippen LogP contribution in [0.4, 0.5) is 5.69 Å². The van der Waals surface area contributed by atoms with Gasteiger partial charge in [0.05, 0.1) is 6.10 Å². The SMILES string of the molecule is CCC1CCCC(C(O)c2ccc3c(c2)CCCN3C)C1. The molecular weight excluding hydrogens is 258 g/mol. The van der Waals surface area contributed by atoms with E-state index in [1.807, 2.05) is 0 Å². The van der Waals surface area contributed by atoms with Gasteiger partial charge in [-0.25, -0.2) is 0 Å². The summed E-state index contributed by atoms with van der Waals surface area (Å²) in [5.41, 5.74) is 3.92. The number of aliphatic hydroxyl groups excluding tert-OH is 1. The maximum Gasteiger partial charge on any atom is 0.0818 e. The van der Waals surface area contributed by atoms with Gasteiger partial charge in [-0.2, -0.15) is 0 Å². The van der Waals surface area contributed by atoms with Gasteiger partial charge in [0, 0.05) is 19.3 Å². The minimum absolute atomic E-state index is 0.267. The smallest absolute Gasteiger partial charge is 0.0818 e. The van der Waals surface area contributed by atoms with Crippen molar-refractivity contribution >= 4 is 5.69 Å². The van der Waals surface area contributed by atoms with Crippen molar-refractivity contribution in [3.8, 4) is 0 Å². The highest BCUT2D eigenvalue weighted by Gasteiger charge is 2.28. The van der Waals surface area contributed by atoms with Crippen LogP contribution in [0.2, 0.25) is 0 Å². The van der Waals surface area contributed by atoms with Crippen LogP contribution >= 0.6 is 0 Å². The Hall–Kier alpha value is -1.02. The van der Waals surface area contributed by atoms with Gasteiger partial charge in [0.15, 0.2) is 0 Å². The molecule has 3 unspecified atom stereocenters. The van der Waals surface area contributed by atoms with E-state index in [1.165, 1.54) is 49.8 Å². The Morgan fingerprint density at radius 1 is 1.29 bits per heavy atom. The number of fused-ring (bicyclic) bond motifs is 1. The number of hydrogen-bond donors (Lipinski definition) is 1. The van der Waals surface area contributed by atoms with Crippen LogP contribution in [0.25, 0.3) is 0 Å². The molecule has 2 aliphatic rings. The molecule has 3 rings (SSSR count). The molecule has 0 bridgehead atoms. The van der Waals surface area contributed by atoms with Crippen molar-refractivity contribution in [3.63, 3.8) is 0 Å². The van der Waals surface area contributed by atoms with Crippen LogP contribution in [0, 0.1) is 11.8 Å². The van der Waals surface area contributed by atoms with E-state index in [9.17, 15) is 5.11 Å². The summed E-state index contributed by atoms with van der Waals surface area (Å²) in [6, 6.07) is 6.64. The van der Waals surface area contributed by atoms with E-state index in [4.69, 9.17) is 0 Å². The Kier molecular flexibility index (Phi) is 4.54. The van der Waals surface area contributed by atoms with Crippen LogP contribution in [-0.2, 0) is 6.42 Å². The van der Waals surface area contributed by atoms with Gasteiger partial charge in [0.25, 0.3) is 0 Å². The Morgan fingerprint density at radius 3 is 2.95 bits per heavy atom. The Morgan fingerprint density at radius 2 is 2.14 bits per heavy atom. The van der Waals surface area contributed by atoms with Gasteiger partial charge in [-0.15, -0.1) is 0 Å². The quantitative estimate of drug-likeness (QED) is 0.895. The second kappa shape index (κ2) is 6.39. The van der Waals surface area contributed by atoms with Crippen molar-refractivity contribution in [2.45, 2.75) is 58.0 Å². The Labute approximate surface area is 129 Å². The van der Waals surface area contributed by atoms with E-state index < -0.39 is 0 Å². The first-order valence-corrected chi connectivity index (χ1v) is 8.71. The highest BCUT2D eigenvalue weighted by molar-refractivity contribution is 5.56. The summed E-state index contributed by atoms with van der Waals surface area (Å²) < 4.78 is 0. The fourth-order valence-electron chi connectivity index (χ4n) is 4.25. The Balaban J connectivity index is 1.77. The van der Waals surface area contributed by atoms with E-state index in [0.717, 1.165) is 24.4 Å². The molecule has 2 heteroatoms. The predicted octanol–water partition coefficient (Wildman–Crippen LogP) is 4.32. The van der Waals surface area contributed by atoms with Gasteiger partial charge in [0.1, 0.15) is 0 Å². The van der Waals surface area contributed by atoms with Crippen LogP contribution < -0.4 is 4.90 Å². The van der Waals surface area contributed by atoms with E-state index in [1.54, 1.807) is 0 Å². The summed E-state index contributed by atoms with van der Waals surface area (Å²) >= 11 is 0. The van der Waals surface area contributed by atoms with E-state index in [-0.39, 0.29) is 6.10 Å². The lowest BCUT2D eigenvalue weighted by molar-refractivity contribution is 0.0677. The lowest BCUT2D eigenvalue weighted by Gasteiger charge is -2.33. The fraction of sp³-hybridized carbons (Fsp3) is 0.684. The third-order valence-corrected chi connectivity index (χ3v) is 5.64. The minimum atomic E-state index is -0.267. The summed E-state index contributed by atoms with van der Waals surface area (Å²) in [5, 5.41) is 10.8. The first-order valence-electron chi connectivity index (χ1n) is 8.71. The van der Waals surface area contributed by atoms with Gasteiger partial charge < -0.3 is 10.0 Å². The van der Waals surface area contributed by atoms with E-state index in [2.05, 4.69) is 37.1 Å². The van der Waals surface area contributed by atoms with Crippen LogP contribution in [0.3, 0.4) is 0 Å². The van der Waals surface area contributed by atoms with Gasteiger partial charge in [-0.1, -0.05) is 38.3 Å². The second-order valence-corrected chi connectivity index (χ2v) is 7.06. The molecule has 1 N–H and O–H groups in total. The van der Waals surface area contributed by atoms with Gasteiger partial charge in [-0.05, 0) is 54.7 Å². The largest absolute Gasteiger partial charge is 0.388 e. The first kappa shape index (κ1) is 14.9. The Bertz CT molecular complexity index is 484. The molecule has 1 aliphatic carbocycles. The van der Waals surface area contributed by atoms with Gasteiger partial charge in [0.2, 0.25) is 0 Å². The van der Waals surface area contributed by atoms with Gasteiger partial charge >= 0.3 is 0 Å². The molecule has 1 fully saturated rings. The molecular formula is C19H29NO. The van der Waals surface area contributed by atoms with Crippen molar-refractivity contribution in [2.75, 3.05) is 18.5 Å². The van der Waals surface area contributed by atoms with Gasteiger partial charge in [-0.3, -0.25) is 0 Å². The van der Waals surface area contributed by atoms with E-state index in [0.29, 0.717) is 5.92 Å². The van der Waals surface area contributed by atoms with Crippen LogP contribution in [0.1, 0.15) is 62.7 Å². The summed E-state index contributed by atoms with van der Waals surface area (Å²) in [6.45, 7) is 3.43. The third-order valence-electron chi connectivity index (χ3n) is 5.64. The normalized spacial score (nSPS) is 27.3. The second-order valence-electron chi connectivity index (χ2n) is 7.06.